The number of nitrogens with zero attached hydrogens (tertiary/aromatic N) is 1. The smallest absolute Gasteiger partial charge is 0.149 e. The molecule has 0 atom stereocenters. The van der Waals surface area contributed by atoms with Gasteiger partial charge >= 0.3 is 0 Å². The molecule has 0 heterocycles. The van der Waals surface area contributed by atoms with Crippen molar-refractivity contribution < 1.29 is 0 Å². The zero-order valence-corrected chi connectivity index (χ0v) is 10.4. The number of aryl methyl sites for hydroxylation is 2. The lowest BCUT2D eigenvalue weighted by Crippen LogP contribution is -2.20. The van der Waals surface area contributed by atoms with Crippen LogP contribution in [0.1, 0.15) is 11.1 Å². The molecule has 1 rings (SSSR count). The summed E-state index contributed by atoms with van der Waals surface area (Å²) >= 11 is 8.36. The Labute approximate surface area is 92.9 Å². The number of anilines is 1. The van der Waals surface area contributed by atoms with E-state index >= 15 is 0 Å². The molecule has 0 saturated carbocycles. The first-order valence-corrected chi connectivity index (χ1v) is 5.23. The summed E-state index contributed by atoms with van der Waals surface area (Å²) in [6, 6.07) is 6.23. The first-order valence-electron chi connectivity index (χ1n) is 4.03. The van der Waals surface area contributed by atoms with Crippen LogP contribution in [0.25, 0.3) is 0 Å². The number of hydrogen-bond donors (Lipinski definition) is 0. The first kappa shape index (κ1) is 10.7. The van der Waals surface area contributed by atoms with Gasteiger partial charge in [0.1, 0.15) is 3.90 Å². The maximum Gasteiger partial charge on any atom is 0.149 e. The summed E-state index contributed by atoms with van der Waals surface area (Å²) in [4.78, 5) is 1.97. The molecule has 0 bridgehead atoms. The minimum atomic E-state index is 0.713. The van der Waals surface area contributed by atoms with E-state index < -0.39 is 0 Å². The Morgan fingerprint density at radius 2 is 1.77 bits per heavy atom. The van der Waals surface area contributed by atoms with Crippen LogP contribution < -0.4 is 4.90 Å². The van der Waals surface area contributed by atoms with Crippen LogP contribution in [0.15, 0.2) is 18.2 Å². The van der Waals surface area contributed by atoms with E-state index in [4.69, 9.17) is 12.2 Å². The van der Waals surface area contributed by atoms with E-state index in [-0.39, 0.29) is 0 Å². The highest BCUT2D eigenvalue weighted by atomic mass is 79.9. The van der Waals surface area contributed by atoms with Crippen molar-refractivity contribution in [3.05, 3.63) is 29.3 Å². The molecule has 0 saturated heterocycles. The van der Waals surface area contributed by atoms with Crippen molar-refractivity contribution >= 4 is 37.7 Å². The number of hydrogen-bond acceptors (Lipinski definition) is 1. The second kappa shape index (κ2) is 4.20. The number of thiocarbonyl (C=S) groups is 1. The lowest BCUT2D eigenvalue weighted by molar-refractivity contribution is 1.23. The lowest BCUT2D eigenvalue weighted by atomic mass is 10.1. The van der Waals surface area contributed by atoms with Crippen molar-refractivity contribution in [3.63, 3.8) is 0 Å². The molecule has 0 aliphatic carbocycles. The van der Waals surface area contributed by atoms with Crippen molar-refractivity contribution in [3.8, 4) is 0 Å². The fraction of sp³-hybridized carbons (Fsp3) is 0.300. The van der Waals surface area contributed by atoms with Crippen LogP contribution in [0.3, 0.4) is 0 Å². The summed E-state index contributed by atoms with van der Waals surface area (Å²) in [5.41, 5.74) is 3.66. The fourth-order valence-corrected chi connectivity index (χ4v) is 1.69. The van der Waals surface area contributed by atoms with Gasteiger partial charge in [-0.1, -0.05) is 30.4 Å². The number of rotatable bonds is 1. The monoisotopic (exact) mass is 257 g/mol. The molecule has 70 valence electrons. The summed E-state index contributed by atoms with van der Waals surface area (Å²) in [7, 11) is 1.96. The summed E-state index contributed by atoms with van der Waals surface area (Å²) in [5.74, 6) is 0. The Morgan fingerprint density at radius 3 is 2.15 bits per heavy atom. The van der Waals surface area contributed by atoms with E-state index in [2.05, 4.69) is 48.0 Å². The van der Waals surface area contributed by atoms with Crippen molar-refractivity contribution in [2.24, 2.45) is 0 Å². The van der Waals surface area contributed by atoms with Crippen LogP contribution in [0.5, 0.6) is 0 Å². The second-order valence-corrected chi connectivity index (χ2v) is 4.72. The van der Waals surface area contributed by atoms with Gasteiger partial charge in [-0.25, -0.2) is 0 Å². The molecule has 0 aliphatic heterocycles. The third-order valence-corrected chi connectivity index (χ3v) is 2.84. The molecule has 0 N–H and O–H groups in total. The molecular weight excluding hydrogens is 246 g/mol. The molecule has 0 aliphatic rings. The lowest BCUT2D eigenvalue weighted by Gasteiger charge is -2.20. The average molecular weight is 258 g/mol. The average Bonchev–Trinajstić information content (AvgIpc) is 2.03. The topological polar surface area (TPSA) is 3.24 Å². The Hall–Kier alpha value is -0.410. The van der Waals surface area contributed by atoms with Gasteiger partial charge in [-0.15, -0.1) is 0 Å². The summed E-state index contributed by atoms with van der Waals surface area (Å²) in [5, 5.41) is 0. The minimum Gasteiger partial charge on any atom is -0.329 e. The van der Waals surface area contributed by atoms with Crippen LogP contribution in [0.2, 0.25) is 0 Å². The third-order valence-electron chi connectivity index (χ3n) is 2.04. The maximum atomic E-state index is 5.06. The molecule has 1 nitrogen and oxygen atoms in total. The van der Waals surface area contributed by atoms with Crippen molar-refractivity contribution in [2.45, 2.75) is 13.8 Å². The molecule has 0 radical (unpaired) electrons. The molecule has 0 fully saturated rings. The Balaban J connectivity index is 3.20. The summed E-state index contributed by atoms with van der Waals surface area (Å²) in [6.07, 6.45) is 0. The molecule has 0 amide bonds. The van der Waals surface area contributed by atoms with Gasteiger partial charge in [-0.3, -0.25) is 0 Å². The van der Waals surface area contributed by atoms with E-state index in [0.717, 1.165) is 0 Å². The van der Waals surface area contributed by atoms with Gasteiger partial charge in [0.15, 0.2) is 0 Å². The van der Waals surface area contributed by atoms with Gasteiger partial charge in [-0.05, 0) is 40.9 Å². The van der Waals surface area contributed by atoms with Gasteiger partial charge < -0.3 is 4.90 Å². The summed E-state index contributed by atoms with van der Waals surface area (Å²) < 4.78 is 0.713. The third kappa shape index (κ3) is 2.29. The SMILES string of the molecule is Cc1cccc(C)c1N(C)C(=S)Br. The van der Waals surface area contributed by atoms with Gasteiger partial charge in [0.05, 0.1) is 0 Å². The highest BCUT2D eigenvalue weighted by Crippen LogP contribution is 2.24. The van der Waals surface area contributed by atoms with E-state index in [1.165, 1.54) is 16.8 Å². The molecule has 1 aromatic carbocycles. The first-order chi connectivity index (χ1) is 6.04. The van der Waals surface area contributed by atoms with Gasteiger partial charge in [0, 0.05) is 12.7 Å². The largest absolute Gasteiger partial charge is 0.329 e. The van der Waals surface area contributed by atoms with Crippen LogP contribution in [-0.2, 0) is 0 Å². The maximum absolute atomic E-state index is 5.06. The van der Waals surface area contributed by atoms with Crippen LogP contribution in [0.4, 0.5) is 5.69 Å². The highest BCUT2D eigenvalue weighted by Gasteiger charge is 2.08. The van der Waals surface area contributed by atoms with Gasteiger partial charge in [0.2, 0.25) is 0 Å². The van der Waals surface area contributed by atoms with Crippen molar-refractivity contribution in [1.29, 1.82) is 0 Å². The molecule has 0 aromatic heterocycles. The van der Waals surface area contributed by atoms with Gasteiger partial charge in [-0.2, -0.15) is 0 Å². The fourth-order valence-electron chi connectivity index (χ4n) is 1.42. The molecule has 1 aromatic rings. The minimum absolute atomic E-state index is 0.713. The number of halogens is 1. The molecule has 0 spiro atoms. The Bertz CT molecular complexity index is 315. The molecule has 3 heteroatoms. The standard InChI is InChI=1S/C10H12BrNS/c1-7-5-4-6-8(2)9(7)12(3)10(11)13/h4-6H,1-3H3. The molecule has 0 unspecified atom stereocenters. The number of benzene rings is 1. The van der Waals surface area contributed by atoms with Crippen molar-refractivity contribution in [1.82, 2.24) is 0 Å². The van der Waals surface area contributed by atoms with Crippen LogP contribution >= 0.6 is 28.1 Å². The van der Waals surface area contributed by atoms with Gasteiger partial charge in [0.25, 0.3) is 0 Å². The summed E-state index contributed by atoms with van der Waals surface area (Å²) in [6.45, 7) is 4.17. The van der Waals surface area contributed by atoms with E-state index in [9.17, 15) is 0 Å². The van der Waals surface area contributed by atoms with Crippen LogP contribution in [-0.4, -0.2) is 10.9 Å². The van der Waals surface area contributed by atoms with E-state index in [1.807, 2.05) is 11.9 Å². The van der Waals surface area contributed by atoms with E-state index in [1.54, 1.807) is 0 Å². The molecular formula is C10H12BrNS. The Kier molecular flexibility index (Phi) is 3.45. The highest BCUT2D eigenvalue weighted by molar-refractivity contribution is 9.20. The molecule has 13 heavy (non-hydrogen) atoms. The Morgan fingerprint density at radius 1 is 1.31 bits per heavy atom. The number of para-hydroxylation sites is 1. The normalized spacial score (nSPS) is 9.85. The zero-order chi connectivity index (χ0) is 10.0. The second-order valence-electron chi connectivity index (χ2n) is 3.05. The predicted octanol–water partition coefficient (Wildman–Crippen LogP) is 3.42. The van der Waals surface area contributed by atoms with Crippen LogP contribution in [0, 0.1) is 13.8 Å². The zero-order valence-electron chi connectivity index (χ0n) is 7.97. The quantitative estimate of drug-likeness (QED) is 0.431. The predicted molar refractivity (Wildman–Crippen MR) is 65.8 cm³/mol. The van der Waals surface area contributed by atoms with E-state index in [0.29, 0.717) is 3.90 Å². The van der Waals surface area contributed by atoms with Crippen molar-refractivity contribution in [2.75, 3.05) is 11.9 Å².